The minimum Gasteiger partial charge on any atom is -0.462 e. The van der Waals surface area contributed by atoms with E-state index in [4.69, 9.17) is 9.47 Å². The highest BCUT2D eigenvalue weighted by Gasteiger charge is 2.45. The molecule has 188 valence electrons. The number of anilines is 1. The fourth-order valence-electron chi connectivity index (χ4n) is 3.54. The van der Waals surface area contributed by atoms with Crippen molar-refractivity contribution in [3.8, 4) is 0 Å². The zero-order valence-corrected chi connectivity index (χ0v) is 19.8. The first-order valence-corrected chi connectivity index (χ1v) is 11.0. The Labute approximate surface area is 206 Å². The molecule has 0 radical (unpaired) electrons. The number of carbonyl (C=O) groups is 6. The van der Waals surface area contributed by atoms with Crippen LogP contribution in [0, 0.1) is 0 Å². The molecule has 0 aliphatic carbocycles. The van der Waals surface area contributed by atoms with E-state index >= 15 is 0 Å². The minimum absolute atomic E-state index is 0.0612. The van der Waals surface area contributed by atoms with E-state index in [-0.39, 0.29) is 35.6 Å². The molecule has 1 saturated heterocycles. The first-order chi connectivity index (χ1) is 17.2. The highest BCUT2D eigenvalue weighted by molar-refractivity contribution is 6.23. The second-order valence-corrected chi connectivity index (χ2v) is 7.57. The van der Waals surface area contributed by atoms with Crippen LogP contribution >= 0.6 is 0 Å². The van der Waals surface area contributed by atoms with E-state index in [1.54, 1.807) is 13.8 Å². The van der Waals surface area contributed by atoms with Crippen molar-refractivity contribution in [2.45, 2.75) is 33.2 Å². The number of hydrogen-bond donors (Lipinski definition) is 1. The number of carbonyl (C=O) groups excluding carboxylic acids is 6. The molecule has 1 atom stereocenters. The number of benzene rings is 1. The zero-order chi connectivity index (χ0) is 26.4. The number of imide groups is 1. The van der Waals surface area contributed by atoms with Crippen molar-refractivity contribution in [1.82, 2.24) is 15.4 Å². The van der Waals surface area contributed by atoms with E-state index in [2.05, 4.69) is 10.4 Å². The van der Waals surface area contributed by atoms with Crippen LogP contribution in [0.25, 0.3) is 0 Å². The lowest BCUT2D eigenvalue weighted by Gasteiger charge is -2.26. The molecular weight excluding hydrogens is 472 g/mol. The lowest BCUT2D eigenvalue weighted by Crippen LogP contribution is -2.54. The van der Waals surface area contributed by atoms with Crippen LogP contribution in [0.4, 0.5) is 5.69 Å². The summed E-state index contributed by atoms with van der Waals surface area (Å²) in [6, 6.07) is 5.32. The summed E-state index contributed by atoms with van der Waals surface area (Å²) in [5.74, 6) is -4.47. The molecule has 1 unspecified atom stereocenters. The number of ether oxygens (including phenoxy) is 2. The van der Waals surface area contributed by atoms with Gasteiger partial charge in [0, 0.05) is 19.3 Å². The Bertz CT molecular complexity index is 1180. The molecule has 0 saturated carbocycles. The van der Waals surface area contributed by atoms with Crippen LogP contribution in [0.5, 0.6) is 0 Å². The summed E-state index contributed by atoms with van der Waals surface area (Å²) in [4.78, 5) is 80.4. The third kappa shape index (κ3) is 5.54. The van der Waals surface area contributed by atoms with Crippen molar-refractivity contribution >= 4 is 41.3 Å². The van der Waals surface area contributed by atoms with Crippen molar-refractivity contribution in [3.05, 3.63) is 59.4 Å². The number of hydrazine groups is 1. The lowest BCUT2D eigenvalue weighted by molar-refractivity contribution is -0.139. The quantitative estimate of drug-likeness (QED) is 0.339. The smallest absolute Gasteiger partial charge is 0.338 e. The van der Waals surface area contributed by atoms with E-state index in [0.29, 0.717) is 0 Å². The summed E-state index contributed by atoms with van der Waals surface area (Å²) in [6.45, 7) is 4.45. The summed E-state index contributed by atoms with van der Waals surface area (Å²) in [6.07, 6.45) is 2.30. The van der Waals surface area contributed by atoms with Gasteiger partial charge in [-0.05, 0) is 44.2 Å². The van der Waals surface area contributed by atoms with Gasteiger partial charge < -0.3 is 9.47 Å². The average molecular weight is 496 g/mol. The van der Waals surface area contributed by atoms with E-state index in [1.165, 1.54) is 42.7 Å². The Morgan fingerprint density at radius 1 is 1.03 bits per heavy atom. The molecule has 12 heteroatoms. The summed E-state index contributed by atoms with van der Waals surface area (Å²) in [7, 11) is 0. The molecule has 1 aliphatic rings. The Hall–Kier alpha value is -4.61. The van der Waals surface area contributed by atoms with Crippen molar-refractivity contribution < 1.29 is 38.2 Å². The predicted molar refractivity (Wildman–Crippen MR) is 123 cm³/mol. The molecule has 4 amide bonds. The molecule has 0 bridgehead atoms. The molecular formula is C24H24N4O8. The van der Waals surface area contributed by atoms with Crippen molar-refractivity contribution in [1.29, 1.82) is 0 Å². The van der Waals surface area contributed by atoms with Crippen LogP contribution in [0.15, 0.2) is 42.7 Å². The topological polar surface area (TPSA) is 152 Å². The van der Waals surface area contributed by atoms with E-state index in [9.17, 15) is 28.8 Å². The Morgan fingerprint density at radius 2 is 1.64 bits per heavy atom. The molecule has 1 aromatic carbocycles. The van der Waals surface area contributed by atoms with Crippen LogP contribution in [0.3, 0.4) is 0 Å². The number of rotatable bonds is 7. The van der Waals surface area contributed by atoms with Gasteiger partial charge in [0.1, 0.15) is 6.04 Å². The van der Waals surface area contributed by atoms with Gasteiger partial charge >= 0.3 is 11.9 Å². The maximum absolute atomic E-state index is 13.3. The number of nitrogens with zero attached hydrogens (tertiary/aromatic N) is 3. The molecule has 1 fully saturated rings. The number of pyridine rings is 1. The fraction of sp³-hybridized carbons (Fsp3) is 0.292. The normalized spacial score (nSPS) is 14.9. The second-order valence-electron chi connectivity index (χ2n) is 7.57. The third-order valence-electron chi connectivity index (χ3n) is 5.12. The SMILES string of the molecule is CCOC(=O)c1cc(C(=O)OCC)cc(N2C(=O)CC(N(NC(=O)c3cccnc3)C(C)=O)C2=O)c1. The Kier molecular flexibility index (Phi) is 8.10. The number of aromatic nitrogens is 1. The minimum atomic E-state index is -1.35. The first kappa shape index (κ1) is 26.0. The van der Waals surface area contributed by atoms with Gasteiger partial charge in [-0.2, -0.15) is 0 Å². The molecule has 3 rings (SSSR count). The van der Waals surface area contributed by atoms with Gasteiger partial charge in [0.2, 0.25) is 11.8 Å². The number of nitrogens with one attached hydrogen (secondary N) is 1. The molecule has 12 nitrogen and oxygen atoms in total. The van der Waals surface area contributed by atoms with Crippen LogP contribution in [-0.2, 0) is 23.9 Å². The van der Waals surface area contributed by atoms with Crippen LogP contribution in [0.2, 0.25) is 0 Å². The van der Waals surface area contributed by atoms with Gasteiger partial charge in [-0.1, -0.05) is 0 Å². The molecule has 1 aromatic heterocycles. The van der Waals surface area contributed by atoms with Gasteiger partial charge in [0.25, 0.3) is 11.8 Å². The summed E-state index contributed by atoms with van der Waals surface area (Å²) >= 11 is 0. The largest absolute Gasteiger partial charge is 0.462 e. The lowest BCUT2D eigenvalue weighted by atomic mass is 10.1. The van der Waals surface area contributed by atoms with Gasteiger partial charge in [0.05, 0.1) is 42.0 Å². The number of hydrogen-bond acceptors (Lipinski definition) is 9. The Balaban J connectivity index is 1.95. The number of amides is 4. The summed E-state index contributed by atoms with van der Waals surface area (Å²) in [5, 5.41) is 0.775. The highest BCUT2D eigenvalue weighted by atomic mass is 16.5. The average Bonchev–Trinajstić information content (AvgIpc) is 3.15. The van der Waals surface area contributed by atoms with Crippen molar-refractivity contribution in [2.75, 3.05) is 18.1 Å². The van der Waals surface area contributed by atoms with Crippen molar-refractivity contribution in [2.24, 2.45) is 0 Å². The molecule has 0 spiro atoms. The van der Waals surface area contributed by atoms with Gasteiger partial charge in [-0.3, -0.25) is 29.6 Å². The number of esters is 2. The molecule has 2 heterocycles. The molecule has 1 N–H and O–H groups in total. The van der Waals surface area contributed by atoms with Gasteiger partial charge in [0.15, 0.2) is 0 Å². The monoisotopic (exact) mass is 496 g/mol. The van der Waals surface area contributed by atoms with E-state index < -0.39 is 48.0 Å². The van der Waals surface area contributed by atoms with E-state index in [1.807, 2.05) is 0 Å². The molecule has 36 heavy (non-hydrogen) atoms. The fourth-order valence-corrected chi connectivity index (χ4v) is 3.54. The maximum atomic E-state index is 13.3. The zero-order valence-electron chi connectivity index (χ0n) is 19.8. The second kappa shape index (κ2) is 11.2. The summed E-state index contributed by atoms with van der Waals surface area (Å²) in [5.41, 5.74) is 2.26. The summed E-state index contributed by atoms with van der Waals surface area (Å²) < 4.78 is 9.97. The molecule has 2 aromatic rings. The van der Waals surface area contributed by atoms with Crippen LogP contribution in [-0.4, -0.2) is 64.8 Å². The third-order valence-corrected chi connectivity index (χ3v) is 5.12. The predicted octanol–water partition coefficient (Wildman–Crippen LogP) is 1.26. The Morgan fingerprint density at radius 3 is 2.14 bits per heavy atom. The van der Waals surface area contributed by atoms with Gasteiger partial charge in [-0.25, -0.2) is 19.5 Å². The standard InChI is InChI=1S/C24H24N4O8/c1-4-35-23(33)16-9-17(24(34)36-5-2)11-18(10-16)27-20(30)12-19(22(27)32)28(14(3)29)26-21(31)15-7-6-8-25-13-15/h6-11,13,19H,4-5,12H2,1-3H3,(H,26,31). The van der Waals surface area contributed by atoms with Crippen LogP contribution in [0.1, 0.15) is 58.3 Å². The van der Waals surface area contributed by atoms with Gasteiger partial charge in [-0.15, -0.1) is 0 Å². The highest BCUT2D eigenvalue weighted by Crippen LogP contribution is 2.28. The maximum Gasteiger partial charge on any atom is 0.338 e. The van der Waals surface area contributed by atoms with E-state index in [0.717, 1.165) is 16.8 Å². The van der Waals surface area contributed by atoms with Crippen LogP contribution < -0.4 is 10.3 Å². The first-order valence-electron chi connectivity index (χ1n) is 11.0. The van der Waals surface area contributed by atoms with Crippen molar-refractivity contribution in [3.63, 3.8) is 0 Å². The molecule has 1 aliphatic heterocycles.